The lowest BCUT2D eigenvalue weighted by atomic mass is 9.81. The van der Waals surface area contributed by atoms with Crippen LogP contribution in [0.4, 0.5) is 0 Å². The summed E-state index contributed by atoms with van der Waals surface area (Å²) in [6.45, 7) is 0.386. The van der Waals surface area contributed by atoms with E-state index in [1.54, 1.807) is 18.9 Å². The fourth-order valence-corrected chi connectivity index (χ4v) is 6.10. The molecule has 1 aromatic rings. The number of rotatable bonds is 10. The smallest absolute Gasteiger partial charge is 0.233 e. The van der Waals surface area contributed by atoms with Crippen LogP contribution < -0.4 is 15.8 Å². The van der Waals surface area contributed by atoms with Crippen molar-refractivity contribution in [2.75, 3.05) is 12.9 Å². The van der Waals surface area contributed by atoms with Crippen LogP contribution in [0.2, 0.25) is 0 Å². The average Bonchev–Trinajstić information content (AvgIpc) is 2.83. The van der Waals surface area contributed by atoms with E-state index in [-0.39, 0.29) is 17.6 Å². The van der Waals surface area contributed by atoms with E-state index in [9.17, 15) is 9.59 Å². The molecule has 2 atom stereocenters. The van der Waals surface area contributed by atoms with Crippen molar-refractivity contribution in [3.8, 4) is 5.75 Å². The lowest BCUT2D eigenvalue weighted by Crippen LogP contribution is -2.47. The summed E-state index contributed by atoms with van der Waals surface area (Å²) in [5.74, 6) is 1.42. The zero-order valence-corrected chi connectivity index (χ0v) is 19.6. The zero-order valence-electron chi connectivity index (χ0n) is 18.8. The number of benzene rings is 1. The van der Waals surface area contributed by atoms with Crippen molar-refractivity contribution < 1.29 is 14.3 Å². The second kappa shape index (κ2) is 12.5. The summed E-state index contributed by atoms with van der Waals surface area (Å²) in [6, 6.07) is 7.60. The van der Waals surface area contributed by atoms with E-state index in [1.807, 2.05) is 24.3 Å². The molecule has 172 valence electrons. The van der Waals surface area contributed by atoms with Gasteiger partial charge in [0.1, 0.15) is 11.7 Å². The molecule has 1 amide bonds. The number of carbonyl (C=O) groups is 2. The van der Waals surface area contributed by atoms with Crippen molar-refractivity contribution in [2.24, 2.45) is 23.5 Å². The molecule has 5 nitrogen and oxygen atoms in total. The van der Waals surface area contributed by atoms with Crippen molar-refractivity contribution in [3.05, 3.63) is 29.8 Å². The number of Topliss-reactive ketones (excluding diaryl/α,β-unsaturated/α-hetero) is 1. The van der Waals surface area contributed by atoms with Crippen LogP contribution in [0.3, 0.4) is 0 Å². The number of nitrogens with one attached hydrogen (secondary N) is 1. The number of amides is 1. The van der Waals surface area contributed by atoms with Crippen LogP contribution in [-0.4, -0.2) is 29.9 Å². The van der Waals surface area contributed by atoms with Gasteiger partial charge < -0.3 is 15.8 Å². The number of hydrogen-bond donors (Lipinski definition) is 2. The Kier molecular flexibility index (Phi) is 9.72. The van der Waals surface area contributed by atoms with Gasteiger partial charge in [-0.05, 0) is 55.1 Å². The summed E-state index contributed by atoms with van der Waals surface area (Å²) in [7, 11) is 1.63. The number of methoxy groups -OCH3 is 1. The first-order valence-electron chi connectivity index (χ1n) is 11.9. The van der Waals surface area contributed by atoms with Crippen LogP contribution in [0.25, 0.3) is 0 Å². The summed E-state index contributed by atoms with van der Waals surface area (Å²) < 4.78 is 5.19. The highest BCUT2D eigenvalue weighted by Gasteiger charge is 2.37. The molecular weight excluding hydrogens is 408 g/mol. The number of thioether (sulfide) groups is 1. The number of ketones is 1. The Labute approximate surface area is 191 Å². The van der Waals surface area contributed by atoms with Gasteiger partial charge >= 0.3 is 0 Å². The van der Waals surface area contributed by atoms with Crippen LogP contribution in [0.15, 0.2) is 24.3 Å². The van der Waals surface area contributed by atoms with Crippen molar-refractivity contribution in [2.45, 2.75) is 76.1 Å². The molecule has 2 saturated carbocycles. The molecule has 0 aliphatic heterocycles. The second-order valence-electron chi connectivity index (χ2n) is 9.08. The molecule has 3 rings (SSSR count). The summed E-state index contributed by atoms with van der Waals surface area (Å²) in [4.78, 5) is 26.5. The minimum atomic E-state index is -0.769. The first-order chi connectivity index (χ1) is 15.1. The molecule has 0 bridgehead atoms. The molecule has 2 aliphatic rings. The Balaban J connectivity index is 1.62. The molecule has 0 aromatic heterocycles. The minimum Gasteiger partial charge on any atom is -0.497 e. The largest absolute Gasteiger partial charge is 0.497 e. The first-order valence-corrected chi connectivity index (χ1v) is 12.9. The average molecular weight is 447 g/mol. The number of carbonyl (C=O) groups excluding carboxylic acids is 2. The summed E-state index contributed by atoms with van der Waals surface area (Å²) in [6.07, 6.45) is 11.5. The van der Waals surface area contributed by atoms with Crippen LogP contribution in [0.1, 0.15) is 69.8 Å². The first kappa shape index (κ1) is 24.1. The normalized spacial score (nSPS) is 20.1. The monoisotopic (exact) mass is 446 g/mol. The molecule has 1 unspecified atom stereocenters. The van der Waals surface area contributed by atoms with Crippen molar-refractivity contribution in [1.82, 2.24) is 5.32 Å². The molecule has 0 saturated heterocycles. The van der Waals surface area contributed by atoms with Gasteiger partial charge in [-0.1, -0.05) is 50.7 Å². The van der Waals surface area contributed by atoms with E-state index in [1.165, 1.54) is 38.5 Å². The highest BCUT2D eigenvalue weighted by atomic mass is 32.2. The van der Waals surface area contributed by atoms with E-state index in [4.69, 9.17) is 10.5 Å². The highest BCUT2D eigenvalue weighted by Crippen LogP contribution is 2.32. The van der Waals surface area contributed by atoms with Gasteiger partial charge in [-0.15, -0.1) is 11.8 Å². The molecule has 2 fully saturated rings. The van der Waals surface area contributed by atoms with Gasteiger partial charge in [-0.3, -0.25) is 9.59 Å². The van der Waals surface area contributed by atoms with E-state index in [0.717, 1.165) is 42.7 Å². The summed E-state index contributed by atoms with van der Waals surface area (Å²) >= 11 is 1.62. The third kappa shape index (κ3) is 7.25. The lowest BCUT2D eigenvalue weighted by molar-refractivity contribution is -0.137. The molecule has 0 radical (unpaired) electrons. The molecule has 0 heterocycles. The lowest BCUT2D eigenvalue weighted by Gasteiger charge is -2.29. The Morgan fingerprint density at radius 1 is 1.03 bits per heavy atom. The van der Waals surface area contributed by atoms with E-state index >= 15 is 0 Å². The van der Waals surface area contributed by atoms with Gasteiger partial charge in [-0.2, -0.15) is 0 Å². The SMILES string of the molecule is COc1ccc(CNC(=O)[C@@H](C(=O)C2CCCCC2)C(N)SCC2CCCCC2)cc1. The maximum atomic E-state index is 13.4. The van der Waals surface area contributed by atoms with E-state index in [0.29, 0.717) is 12.5 Å². The van der Waals surface area contributed by atoms with Crippen LogP contribution in [0.5, 0.6) is 5.75 Å². The molecule has 2 aliphatic carbocycles. The number of nitrogens with two attached hydrogens (primary N) is 1. The van der Waals surface area contributed by atoms with Gasteiger partial charge in [0, 0.05) is 12.5 Å². The zero-order chi connectivity index (χ0) is 22.1. The fourth-order valence-electron chi connectivity index (χ4n) is 4.82. The molecule has 31 heavy (non-hydrogen) atoms. The third-order valence-corrected chi connectivity index (χ3v) is 8.12. The number of hydrogen-bond acceptors (Lipinski definition) is 5. The standard InChI is InChI=1S/C25H38N2O3S/c1-30-21-14-12-18(13-15-21)16-27-25(29)22(23(28)20-10-6-3-7-11-20)24(26)31-17-19-8-4-2-5-9-19/h12-15,19-20,22,24H,2-11,16-17,26H2,1H3,(H,27,29)/t22-,24?/m0/s1. The quantitative estimate of drug-likeness (QED) is 0.403. The van der Waals surface area contributed by atoms with Gasteiger partial charge in [0.15, 0.2) is 5.78 Å². The molecule has 3 N–H and O–H groups in total. The van der Waals surface area contributed by atoms with E-state index < -0.39 is 11.3 Å². The topological polar surface area (TPSA) is 81.4 Å². The molecule has 6 heteroatoms. The van der Waals surface area contributed by atoms with Crippen molar-refractivity contribution in [1.29, 1.82) is 0 Å². The molecule has 0 spiro atoms. The van der Waals surface area contributed by atoms with Gasteiger partial charge in [0.25, 0.3) is 0 Å². The second-order valence-corrected chi connectivity index (χ2v) is 10.3. The Hall–Kier alpha value is -1.53. The van der Waals surface area contributed by atoms with Gasteiger partial charge in [0.2, 0.25) is 5.91 Å². The van der Waals surface area contributed by atoms with Crippen LogP contribution in [0, 0.1) is 17.8 Å². The highest BCUT2D eigenvalue weighted by molar-refractivity contribution is 7.99. The van der Waals surface area contributed by atoms with E-state index in [2.05, 4.69) is 5.32 Å². The Morgan fingerprint density at radius 3 is 2.26 bits per heavy atom. The van der Waals surface area contributed by atoms with Gasteiger partial charge in [-0.25, -0.2) is 0 Å². The number of ether oxygens (including phenoxy) is 1. The van der Waals surface area contributed by atoms with Gasteiger partial charge in [0.05, 0.1) is 12.5 Å². The van der Waals surface area contributed by atoms with Crippen LogP contribution >= 0.6 is 11.8 Å². The van der Waals surface area contributed by atoms with Crippen molar-refractivity contribution >= 4 is 23.5 Å². The Morgan fingerprint density at radius 2 is 1.65 bits per heavy atom. The molecular formula is C25H38N2O3S. The molecule has 1 aromatic carbocycles. The maximum Gasteiger partial charge on any atom is 0.233 e. The predicted octanol–water partition coefficient (Wildman–Crippen LogP) is 4.68. The summed E-state index contributed by atoms with van der Waals surface area (Å²) in [5.41, 5.74) is 7.49. The van der Waals surface area contributed by atoms with Crippen LogP contribution in [-0.2, 0) is 16.1 Å². The maximum absolute atomic E-state index is 13.4. The fraction of sp³-hybridized carbons (Fsp3) is 0.680. The third-order valence-electron chi connectivity index (χ3n) is 6.80. The Bertz CT molecular complexity index is 697. The predicted molar refractivity (Wildman–Crippen MR) is 127 cm³/mol. The minimum absolute atomic E-state index is 0.0215. The summed E-state index contributed by atoms with van der Waals surface area (Å²) in [5, 5.41) is 2.50. The van der Waals surface area contributed by atoms with Crippen molar-refractivity contribution in [3.63, 3.8) is 0 Å².